The van der Waals surface area contributed by atoms with Crippen molar-refractivity contribution in [3.8, 4) is 0 Å². The number of aromatic nitrogens is 2. The molecule has 0 spiro atoms. The van der Waals surface area contributed by atoms with E-state index in [4.69, 9.17) is 0 Å². The average molecular weight is 250 g/mol. The summed E-state index contributed by atoms with van der Waals surface area (Å²) in [5.41, 5.74) is 0.916. The second kappa shape index (κ2) is 5.52. The molecule has 1 aliphatic rings. The first-order chi connectivity index (χ1) is 8.56. The smallest absolute Gasteiger partial charge is 0.239 e. The first-order valence-corrected chi connectivity index (χ1v) is 6.61. The number of anilines is 1. The average Bonchev–Trinajstić information content (AvgIpc) is 2.61. The maximum absolute atomic E-state index is 12.0. The number of nitrogens with one attached hydrogen (secondary N) is 1. The number of rotatable bonds is 3. The number of hydrogen-bond donors (Lipinski definition) is 1. The summed E-state index contributed by atoms with van der Waals surface area (Å²) in [5.74, 6) is 0.814. The van der Waals surface area contributed by atoms with Gasteiger partial charge in [-0.25, -0.2) is 0 Å². The summed E-state index contributed by atoms with van der Waals surface area (Å²) in [7, 11) is 1.84. The number of nitrogens with zero attached hydrogens (tertiary/aromatic N) is 3. The third-order valence-corrected chi connectivity index (χ3v) is 3.56. The topological polar surface area (TPSA) is 50.2 Å². The van der Waals surface area contributed by atoms with Gasteiger partial charge in [0.25, 0.3) is 0 Å². The van der Waals surface area contributed by atoms with Gasteiger partial charge < -0.3 is 5.32 Å². The van der Waals surface area contributed by atoms with Crippen molar-refractivity contribution >= 4 is 11.7 Å². The van der Waals surface area contributed by atoms with Gasteiger partial charge in [0.05, 0.1) is 12.2 Å². The highest BCUT2D eigenvalue weighted by Gasteiger charge is 2.20. The van der Waals surface area contributed by atoms with Crippen molar-refractivity contribution in [1.82, 2.24) is 14.7 Å². The summed E-state index contributed by atoms with van der Waals surface area (Å²) in [5, 5.41) is 7.13. The Kier molecular flexibility index (Phi) is 4.01. The largest absolute Gasteiger partial charge is 0.310 e. The fourth-order valence-electron chi connectivity index (χ4n) is 2.49. The highest BCUT2D eigenvalue weighted by Crippen LogP contribution is 2.16. The lowest BCUT2D eigenvalue weighted by Crippen LogP contribution is -2.42. The van der Waals surface area contributed by atoms with Crippen LogP contribution in [0.15, 0.2) is 6.07 Å². The first kappa shape index (κ1) is 13.1. The molecule has 5 nitrogen and oxygen atoms in total. The maximum atomic E-state index is 12.0. The normalized spacial score (nSPS) is 20.9. The summed E-state index contributed by atoms with van der Waals surface area (Å²) < 4.78 is 1.70. The molecule has 1 aliphatic heterocycles. The number of likely N-dealkylation sites (tertiary alicyclic amines) is 1. The number of carbonyl (C=O) groups excluding carboxylic acids is 1. The lowest BCUT2D eigenvalue weighted by Gasteiger charge is -2.32. The van der Waals surface area contributed by atoms with E-state index >= 15 is 0 Å². The molecule has 0 radical (unpaired) electrons. The van der Waals surface area contributed by atoms with E-state index in [2.05, 4.69) is 22.2 Å². The van der Waals surface area contributed by atoms with Crippen LogP contribution in [0, 0.1) is 6.92 Å². The minimum atomic E-state index is 0.0479. The van der Waals surface area contributed by atoms with E-state index in [1.807, 2.05) is 20.0 Å². The van der Waals surface area contributed by atoms with Crippen LogP contribution in [0.2, 0.25) is 0 Å². The molecule has 0 aromatic carbocycles. The summed E-state index contributed by atoms with van der Waals surface area (Å²) >= 11 is 0. The first-order valence-electron chi connectivity index (χ1n) is 6.61. The van der Waals surface area contributed by atoms with Crippen molar-refractivity contribution in [1.29, 1.82) is 0 Å². The zero-order chi connectivity index (χ0) is 13.1. The monoisotopic (exact) mass is 250 g/mol. The standard InChI is InChI=1S/C13H22N4O/c1-10-8-12(16(3)15-10)14-13(18)9-17-7-5-4-6-11(17)2/h8,11H,4-7,9H2,1-3H3,(H,14,18)/t11-/m1/s1. The van der Waals surface area contributed by atoms with Gasteiger partial charge >= 0.3 is 0 Å². The van der Waals surface area contributed by atoms with Crippen LogP contribution in [0.1, 0.15) is 31.9 Å². The zero-order valence-electron chi connectivity index (χ0n) is 11.4. The minimum Gasteiger partial charge on any atom is -0.310 e. The van der Waals surface area contributed by atoms with Crippen LogP contribution in [0.5, 0.6) is 0 Å². The second-order valence-electron chi connectivity index (χ2n) is 5.16. The van der Waals surface area contributed by atoms with E-state index in [-0.39, 0.29) is 5.91 Å². The second-order valence-corrected chi connectivity index (χ2v) is 5.16. The van der Waals surface area contributed by atoms with E-state index in [9.17, 15) is 4.79 Å². The van der Waals surface area contributed by atoms with Gasteiger partial charge in [0.2, 0.25) is 5.91 Å². The number of carbonyl (C=O) groups is 1. The highest BCUT2D eigenvalue weighted by molar-refractivity contribution is 5.91. The molecule has 2 heterocycles. The molecule has 5 heteroatoms. The molecule has 100 valence electrons. The Labute approximate surface area is 108 Å². The molecule has 1 N–H and O–H groups in total. The van der Waals surface area contributed by atoms with Gasteiger partial charge in [-0.3, -0.25) is 14.4 Å². The molecule has 1 saturated heterocycles. The summed E-state index contributed by atoms with van der Waals surface area (Å²) in [6.45, 7) is 5.62. The summed E-state index contributed by atoms with van der Waals surface area (Å²) in [6, 6.07) is 2.40. The van der Waals surface area contributed by atoms with Gasteiger partial charge in [0, 0.05) is 19.2 Å². The predicted molar refractivity (Wildman–Crippen MR) is 71.5 cm³/mol. The number of aryl methyl sites for hydroxylation is 2. The molecule has 0 bridgehead atoms. The van der Waals surface area contributed by atoms with Crippen LogP contribution in [0.3, 0.4) is 0 Å². The Balaban J connectivity index is 1.90. The Morgan fingerprint density at radius 2 is 2.33 bits per heavy atom. The van der Waals surface area contributed by atoms with E-state index in [1.165, 1.54) is 19.3 Å². The van der Waals surface area contributed by atoms with Gasteiger partial charge in [-0.15, -0.1) is 0 Å². The molecule has 0 saturated carbocycles. The molecule has 0 unspecified atom stereocenters. The molecule has 0 aliphatic carbocycles. The zero-order valence-corrected chi connectivity index (χ0v) is 11.4. The summed E-state index contributed by atoms with van der Waals surface area (Å²) in [6.07, 6.45) is 3.67. The molecule has 1 amide bonds. The molecule has 1 atom stereocenters. The lowest BCUT2D eigenvalue weighted by atomic mass is 10.0. The van der Waals surface area contributed by atoms with Crippen LogP contribution in [0.4, 0.5) is 5.82 Å². The lowest BCUT2D eigenvalue weighted by molar-refractivity contribution is -0.118. The SMILES string of the molecule is Cc1cc(NC(=O)CN2CCCC[C@H]2C)n(C)n1. The molecule has 1 aromatic heterocycles. The minimum absolute atomic E-state index is 0.0479. The maximum Gasteiger partial charge on any atom is 0.239 e. The predicted octanol–water partition coefficient (Wildman–Crippen LogP) is 1.54. The van der Waals surface area contributed by atoms with Crippen LogP contribution < -0.4 is 5.32 Å². The Hall–Kier alpha value is -1.36. The van der Waals surface area contributed by atoms with Crippen LogP contribution >= 0.6 is 0 Å². The fourth-order valence-corrected chi connectivity index (χ4v) is 2.49. The van der Waals surface area contributed by atoms with E-state index in [0.717, 1.165) is 18.1 Å². The Morgan fingerprint density at radius 3 is 2.94 bits per heavy atom. The number of amides is 1. The van der Waals surface area contributed by atoms with Crippen molar-refractivity contribution in [2.45, 2.75) is 39.2 Å². The summed E-state index contributed by atoms with van der Waals surface area (Å²) in [4.78, 5) is 14.2. The van der Waals surface area contributed by atoms with Crippen molar-refractivity contribution < 1.29 is 4.79 Å². The van der Waals surface area contributed by atoms with Crippen molar-refractivity contribution in [3.05, 3.63) is 11.8 Å². The van der Waals surface area contributed by atoms with Crippen LogP contribution in [-0.4, -0.2) is 39.7 Å². The third kappa shape index (κ3) is 3.10. The van der Waals surface area contributed by atoms with Gasteiger partial charge in [-0.05, 0) is 33.2 Å². The van der Waals surface area contributed by atoms with Crippen molar-refractivity contribution in [2.75, 3.05) is 18.4 Å². The Morgan fingerprint density at radius 1 is 1.56 bits per heavy atom. The van der Waals surface area contributed by atoms with Gasteiger partial charge in [0.15, 0.2) is 0 Å². The molecule has 1 aromatic rings. The molecular weight excluding hydrogens is 228 g/mol. The van der Waals surface area contributed by atoms with Gasteiger partial charge in [-0.1, -0.05) is 6.42 Å². The van der Waals surface area contributed by atoms with Crippen molar-refractivity contribution in [2.24, 2.45) is 7.05 Å². The fraction of sp³-hybridized carbons (Fsp3) is 0.692. The molecule has 2 rings (SSSR count). The number of hydrogen-bond acceptors (Lipinski definition) is 3. The third-order valence-electron chi connectivity index (χ3n) is 3.56. The van der Waals surface area contributed by atoms with Gasteiger partial charge in [0.1, 0.15) is 5.82 Å². The van der Waals surface area contributed by atoms with Crippen molar-refractivity contribution in [3.63, 3.8) is 0 Å². The van der Waals surface area contributed by atoms with Crippen LogP contribution in [-0.2, 0) is 11.8 Å². The van der Waals surface area contributed by atoms with Gasteiger partial charge in [-0.2, -0.15) is 5.10 Å². The molecule has 18 heavy (non-hydrogen) atoms. The van der Waals surface area contributed by atoms with E-state index in [0.29, 0.717) is 12.6 Å². The van der Waals surface area contributed by atoms with Crippen LogP contribution in [0.25, 0.3) is 0 Å². The molecule has 1 fully saturated rings. The quantitative estimate of drug-likeness (QED) is 0.885. The Bertz CT molecular complexity index is 427. The highest BCUT2D eigenvalue weighted by atomic mass is 16.2. The van der Waals surface area contributed by atoms with E-state index < -0.39 is 0 Å². The number of piperidine rings is 1. The molecular formula is C13H22N4O. The van der Waals surface area contributed by atoms with E-state index in [1.54, 1.807) is 4.68 Å².